The minimum atomic E-state index is -3.77. The summed E-state index contributed by atoms with van der Waals surface area (Å²) in [4.78, 5) is 36.7. The number of fused-ring (bicyclic) bond motifs is 1. The SMILES string of the molecule is Cc1ncnc(C2CC2)c1-c1ncc2nc(NCc3ccc(S(N)(=O)=O)cc3)c(=O)n(C(C)C3CC3)c2n1. The molecule has 38 heavy (non-hydrogen) atoms. The quantitative estimate of drug-likeness (QED) is 0.348. The summed E-state index contributed by atoms with van der Waals surface area (Å²) in [5.41, 5.74) is 4.12. The standard InChI is InChI=1S/C26H28N8O3S/c1-14-21(22(18-7-8-18)31-13-30-14)23-29-12-20-25(33-23)34(15(2)17-5-6-17)26(35)24(32-20)28-11-16-3-9-19(10-4-16)38(27,36)37/h3-4,9-10,12-13,15,17-18H,5-8,11H2,1-2H3,(H,28,32)(H2,27,36,37). The molecule has 6 rings (SSSR count). The Bertz CT molecular complexity index is 1710. The summed E-state index contributed by atoms with van der Waals surface area (Å²) in [5.74, 6) is 1.49. The molecule has 1 unspecified atom stereocenters. The lowest BCUT2D eigenvalue weighted by Gasteiger charge is -2.19. The lowest BCUT2D eigenvalue weighted by Crippen LogP contribution is -2.29. The van der Waals surface area contributed by atoms with Gasteiger partial charge in [0.1, 0.15) is 11.8 Å². The van der Waals surface area contributed by atoms with Crippen molar-refractivity contribution in [1.29, 1.82) is 0 Å². The molecule has 2 aliphatic carbocycles. The van der Waals surface area contributed by atoms with Gasteiger partial charge in [-0.2, -0.15) is 0 Å². The van der Waals surface area contributed by atoms with Crippen molar-refractivity contribution in [2.75, 3.05) is 5.32 Å². The molecule has 0 aliphatic heterocycles. The number of sulfonamides is 1. The van der Waals surface area contributed by atoms with E-state index in [1.165, 1.54) is 12.1 Å². The Balaban J connectivity index is 1.40. The number of aromatic nitrogens is 6. The molecule has 0 saturated heterocycles. The third-order valence-electron chi connectivity index (χ3n) is 7.31. The highest BCUT2D eigenvalue weighted by molar-refractivity contribution is 7.89. The molecular formula is C26H28N8O3S. The van der Waals surface area contributed by atoms with Gasteiger partial charge in [0.05, 0.1) is 28.0 Å². The van der Waals surface area contributed by atoms with Crippen LogP contribution in [0, 0.1) is 12.8 Å². The molecule has 3 heterocycles. The fourth-order valence-corrected chi connectivity index (χ4v) is 5.34. The second-order valence-electron chi connectivity index (χ2n) is 10.2. The molecule has 196 valence electrons. The predicted octanol–water partition coefficient (Wildman–Crippen LogP) is 3.06. The summed E-state index contributed by atoms with van der Waals surface area (Å²) in [7, 11) is -3.77. The topological polar surface area (TPSA) is 159 Å². The maximum Gasteiger partial charge on any atom is 0.295 e. The van der Waals surface area contributed by atoms with Gasteiger partial charge in [-0.05, 0) is 63.1 Å². The zero-order valence-electron chi connectivity index (χ0n) is 21.1. The number of primary sulfonamides is 1. The van der Waals surface area contributed by atoms with E-state index in [-0.39, 0.29) is 28.9 Å². The fourth-order valence-electron chi connectivity index (χ4n) is 4.82. The average Bonchev–Trinajstić information content (AvgIpc) is 3.80. The number of nitrogens with one attached hydrogen (secondary N) is 1. The van der Waals surface area contributed by atoms with Crippen LogP contribution in [0.25, 0.3) is 22.6 Å². The van der Waals surface area contributed by atoms with E-state index in [4.69, 9.17) is 10.1 Å². The second-order valence-corrected chi connectivity index (χ2v) is 11.7. The normalized spacial score (nSPS) is 16.5. The summed E-state index contributed by atoms with van der Waals surface area (Å²) >= 11 is 0. The van der Waals surface area contributed by atoms with Crippen LogP contribution >= 0.6 is 0 Å². The van der Waals surface area contributed by atoms with Crippen molar-refractivity contribution in [3.05, 3.63) is 64.1 Å². The summed E-state index contributed by atoms with van der Waals surface area (Å²) in [6, 6.07) is 6.12. The molecule has 12 heteroatoms. The van der Waals surface area contributed by atoms with Crippen molar-refractivity contribution >= 4 is 27.0 Å². The van der Waals surface area contributed by atoms with E-state index < -0.39 is 10.0 Å². The zero-order valence-corrected chi connectivity index (χ0v) is 21.9. The Hall–Kier alpha value is -3.77. The third-order valence-corrected chi connectivity index (χ3v) is 8.24. The van der Waals surface area contributed by atoms with Crippen LogP contribution in [0.1, 0.15) is 61.5 Å². The first-order valence-corrected chi connectivity index (χ1v) is 14.2. The van der Waals surface area contributed by atoms with Gasteiger partial charge in [-0.1, -0.05) is 12.1 Å². The summed E-state index contributed by atoms with van der Waals surface area (Å²) < 4.78 is 24.8. The van der Waals surface area contributed by atoms with E-state index in [2.05, 4.69) is 25.3 Å². The molecule has 0 bridgehead atoms. The van der Waals surface area contributed by atoms with Crippen molar-refractivity contribution in [2.24, 2.45) is 11.1 Å². The number of nitrogens with zero attached hydrogens (tertiary/aromatic N) is 6. The summed E-state index contributed by atoms with van der Waals surface area (Å²) in [6.07, 6.45) is 7.53. The molecule has 11 nitrogen and oxygen atoms in total. The summed E-state index contributed by atoms with van der Waals surface area (Å²) in [5, 5.41) is 8.31. The highest BCUT2D eigenvalue weighted by Crippen LogP contribution is 2.43. The van der Waals surface area contributed by atoms with Gasteiger partial charge in [0.15, 0.2) is 17.3 Å². The summed E-state index contributed by atoms with van der Waals surface area (Å²) in [6.45, 7) is 4.25. The first-order valence-electron chi connectivity index (χ1n) is 12.7. The Labute approximate surface area is 219 Å². The second kappa shape index (κ2) is 9.21. The van der Waals surface area contributed by atoms with Crippen molar-refractivity contribution in [3.63, 3.8) is 0 Å². The fraction of sp³-hybridized carbons (Fsp3) is 0.385. The monoisotopic (exact) mass is 532 g/mol. The maximum atomic E-state index is 13.7. The van der Waals surface area contributed by atoms with Gasteiger partial charge in [0.25, 0.3) is 5.56 Å². The third kappa shape index (κ3) is 4.65. The first kappa shape index (κ1) is 24.6. The lowest BCUT2D eigenvalue weighted by atomic mass is 10.1. The number of benzene rings is 1. The number of hydrogen-bond acceptors (Lipinski definition) is 9. The maximum absolute atomic E-state index is 13.7. The molecular weight excluding hydrogens is 504 g/mol. The van der Waals surface area contributed by atoms with Crippen molar-refractivity contribution in [1.82, 2.24) is 29.5 Å². The van der Waals surface area contributed by atoms with Crippen LogP contribution in [0.3, 0.4) is 0 Å². The molecule has 2 aliphatic rings. The van der Waals surface area contributed by atoms with Crippen molar-refractivity contribution < 1.29 is 8.42 Å². The van der Waals surface area contributed by atoms with Gasteiger partial charge >= 0.3 is 0 Å². The average molecular weight is 533 g/mol. The molecule has 0 spiro atoms. The zero-order chi connectivity index (χ0) is 26.6. The predicted molar refractivity (Wildman–Crippen MR) is 142 cm³/mol. The Morgan fingerprint density at radius 3 is 2.47 bits per heavy atom. The van der Waals surface area contributed by atoms with Gasteiger partial charge in [-0.15, -0.1) is 0 Å². The van der Waals surface area contributed by atoms with Gasteiger partial charge in [0.2, 0.25) is 10.0 Å². The number of rotatable bonds is 8. The molecule has 0 radical (unpaired) electrons. The van der Waals surface area contributed by atoms with E-state index in [0.717, 1.165) is 48.2 Å². The van der Waals surface area contributed by atoms with Crippen LogP contribution in [0.2, 0.25) is 0 Å². The molecule has 1 aromatic carbocycles. The van der Waals surface area contributed by atoms with E-state index in [9.17, 15) is 13.2 Å². The van der Waals surface area contributed by atoms with Crippen LogP contribution in [-0.2, 0) is 16.6 Å². The Kier molecular flexibility index (Phi) is 5.95. The Morgan fingerprint density at radius 1 is 1.08 bits per heavy atom. The minimum Gasteiger partial charge on any atom is -0.361 e. The molecule has 3 aromatic heterocycles. The van der Waals surface area contributed by atoms with Crippen LogP contribution < -0.4 is 16.0 Å². The molecule has 1 atom stereocenters. The number of nitrogens with two attached hydrogens (primary N) is 1. The van der Waals surface area contributed by atoms with Gasteiger partial charge in [-0.3, -0.25) is 9.36 Å². The van der Waals surface area contributed by atoms with E-state index in [1.54, 1.807) is 29.2 Å². The van der Waals surface area contributed by atoms with Crippen molar-refractivity contribution in [3.8, 4) is 11.4 Å². The van der Waals surface area contributed by atoms with Crippen LogP contribution in [0.15, 0.2) is 46.5 Å². The van der Waals surface area contributed by atoms with Gasteiger partial charge in [-0.25, -0.2) is 38.5 Å². The number of anilines is 1. The highest BCUT2D eigenvalue weighted by atomic mass is 32.2. The van der Waals surface area contributed by atoms with Crippen LogP contribution in [0.5, 0.6) is 0 Å². The van der Waals surface area contributed by atoms with Crippen molar-refractivity contribution in [2.45, 2.75) is 62.9 Å². The molecule has 0 amide bonds. The smallest absolute Gasteiger partial charge is 0.295 e. The first-order chi connectivity index (χ1) is 18.2. The van der Waals surface area contributed by atoms with E-state index in [1.807, 2.05) is 13.8 Å². The van der Waals surface area contributed by atoms with Gasteiger partial charge < -0.3 is 5.32 Å². The number of hydrogen-bond donors (Lipinski definition) is 2. The van der Waals surface area contributed by atoms with Crippen LogP contribution in [-0.4, -0.2) is 37.9 Å². The molecule has 3 N–H and O–H groups in total. The minimum absolute atomic E-state index is 0.0301. The number of aryl methyl sites for hydroxylation is 1. The van der Waals surface area contributed by atoms with Crippen LogP contribution in [0.4, 0.5) is 5.82 Å². The Morgan fingerprint density at radius 2 is 1.82 bits per heavy atom. The molecule has 4 aromatic rings. The molecule has 2 saturated carbocycles. The molecule has 2 fully saturated rings. The van der Waals surface area contributed by atoms with E-state index in [0.29, 0.717) is 28.8 Å². The van der Waals surface area contributed by atoms with E-state index >= 15 is 0 Å². The highest BCUT2D eigenvalue weighted by Gasteiger charge is 2.33. The lowest BCUT2D eigenvalue weighted by molar-refractivity contribution is 0.482. The largest absolute Gasteiger partial charge is 0.361 e. The van der Waals surface area contributed by atoms with Gasteiger partial charge in [0, 0.05) is 18.5 Å².